The van der Waals surface area contributed by atoms with E-state index in [2.05, 4.69) is 32.9 Å². The molecule has 0 bridgehead atoms. The summed E-state index contributed by atoms with van der Waals surface area (Å²) in [7, 11) is 0. The van der Waals surface area contributed by atoms with Gasteiger partial charge in [-0.2, -0.15) is 14.0 Å². The number of carbonyl (C=O) groups is 1. The molecule has 0 radical (unpaired) electrons. The number of aromatic nitrogens is 2. The first-order valence-corrected chi connectivity index (χ1v) is 16.8. The number of piperidine rings is 1. The highest BCUT2D eigenvalue weighted by Gasteiger charge is 2.51. The Hall–Kier alpha value is -3.44. The largest absolute Gasteiger partial charge is 0.598 e. The van der Waals surface area contributed by atoms with Crippen LogP contribution in [0.4, 0.5) is 26.1 Å². The van der Waals surface area contributed by atoms with Gasteiger partial charge in [0.05, 0.1) is 23.8 Å². The van der Waals surface area contributed by atoms with Gasteiger partial charge in [-0.25, -0.2) is 9.97 Å². The highest BCUT2D eigenvalue weighted by molar-refractivity contribution is 7.99. The zero-order chi connectivity index (χ0) is 32.3. The Morgan fingerprint density at radius 2 is 1.89 bits per heavy atom. The number of nitrogen functional groups attached to an aromatic ring is 1. The number of hydrogen-bond donors (Lipinski definition) is 2. The van der Waals surface area contributed by atoms with E-state index in [0.717, 1.165) is 35.9 Å². The monoisotopic (exact) mass is 651 g/mol. The van der Waals surface area contributed by atoms with Crippen molar-refractivity contribution >= 4 is 46.4 Å². The molecule has 3 aliphatic rings. The summed E-state index contributed by atoms with van der Waals surface area (Å²) < 4.78 is 46.4. The lowest BCUT2D eigenvalue weighted by atomic mass is 9.73. The van der Waals surface area contributed by atoms with E-state index in [4.69, 9.17) is 5.73 Å². The summed E-state index contributed by atoms with van der Waals surface area (Å²) in [6.07, 6.45) is 2.39. The van der Waals surface area contributed by atoms with Crippen molar-refractivity contribution in [2.24, 2.45) is 5.41 Å². The normalized spacial score (nSPS) is 20.5. The van der Waals surface area contributed by atoms with Gasteiger partial charge in [-0.15, -0.1) is 4.72 Å². The van der Waals surface area contributed by atoms with Crippen molar-refractivity contribution in [1.82, 2.24) is 14.7 Å². The summed E-state index contributed by atoms with van der Waals surface area (Å²) in [6, 6.07) is 15.0. The molecule has 3 aromatic rings. The second-order valence-corrected chi connectivity index (χ2v) is 15.9. The third-order valence-electron chi connectivity index (χ3n) is 8.94. The van der Waals surface area contributed by atoms with E-state index < -0.39 is 34.5 Å². The summed E-state index contributed by atoms with van der Waals surface area (Å²) >= 11 is -0.345. The van der Waals surface area contributed by atoms with Gasteiger partial charge in [0.2, 0.25) is 5.91 Å². The molecule has 3 N–H and O–H groups in total. The fourth-order valence-corrected chi connectivity index (χ4v) is 8.57. The number of benzene rings is 2. The van der Waals surface area contributed by atoms with Gasteiger partial charge in [-0.3, -0.25) is 4.79 Å². The molecule has 0 saturated carbocycles. The van der Waals surface area contributed by atoms with Crippen LogP contribution >= 0.6 is 11.8 Å². The van der Waals surface area contributed by atoms with Crippen LogP contribution in [-0.2, 0) is 28.5 Å². The maximum absolute atomic E-state index is 15.1. The van der Waals surface area contributed by atoms with Crippen LogP contribution in [0, 0.1) is 16.7 Å². The molecule has 1 fully saturated rings. The third kappa shape index (κ3) is 5.62. The number of carbonyl (C=O) groups excluding carboxylic acids is 1. The molecule has 1 aromatic heterocycles. The third-order valence-corrected chi connectivity index (χ3v) is 11.6. The molecule has 13 heteroatoms. The van der Waals surface area contributed by atoms with Gasteiger partial charge < -0.3 is 20.1 Å². The minimum Gasteiger partial charge on any atom is -0.598 e. The lowest BCUT2D eigenvalue weighted by Crippen LogP contribution is -2.50. The van der Waals surface area contributed by atoms with Crippen LogP contribution in [-0.4, -0.2) is 44.8 Å². The number of halogens is 2. The van der Waals surface area contributed by atoms with Crippen molar-refractivity contribution in [3.8, 4) is 6.07 Å². The van der Waals surface area contributed by atoms with E-state index in [1.807, 2.05) is 37.8 Å². The first-order chi connectivity index (χ1) is 21.2. The van der Waals surface area contributed by atoms with Crippen molar-refractivity contribution in [3.63, 3.8) is 0 Å². The van der Waals surface area contributed by atoms with Crippen molar-refractivity contribution in [1.29, 1.82) is 5.26 Å². The highest BCUT2D eigenvalue weighted by Crippen LogP contribution is 2.53. The van der Waals surface area contributed by atoms with Gasteiger partial charge in [-0.05, 0) is 63.3 Å². The fourth-order valence-electron chi connectivity index (χ4n) is 6.63. The predicted octanol–water partition coefficient (Wildman–Crippen LogP) is 5.48. The maximum Gasteiger partial charge on any atom is 0.293 e. The summed E-state index contributed by atoms with van der Waals surface area (Å²) in [5.74, 6) is -3.33. The molecule has 6 rings (SSSR count). The van der Waals surface area contributed by atoms with Gasteiger partial charge in [-0.1, -0.05) is 42.1 Å². The molecule has 2 atom stereocenters. The molecular formula is C32H35F2N7O2S2. The summed E-state index contributed by atoms with van der Waals surface area (Å²) in [5.41, 5.74) is 8.57. The summed E-state index contributed by atoms with van der Waals surface area (Å²) in [4.78, 5) is 24.3. The Morgan fingerprint density at radius 3 is 2.56 bits per heavy atom. The molecule has 1 aliphatic carbocycles. The number of fused-ring (bicyclic) bond motifs is 2. The van der Waals surface area contributed by atoms with E-state index in [0.29, 0.717) is 18.9 Å². The molecule has 3 heterocycles. The zero-order valence-electron chi connectivity index (χ0n) is 25.6. The number of anilines is 3. The Balaban J connectivity index is 1.25. The lowest BCUT2D eigenvalue weighted by Gasteiger charge is -2.44. The molecule has 2 aromatic carbocycles. The quantitative estimate of drug-likeness (QED) is 0.344. The van der Waals surface area contributed by atoms with Crippen LogP contribution in [0.5, 0.6) is 0 Å². The summed E-state index contributed by atoms with van der Waals surface area (Å²) in [5, 5.41) is 10.2. The molecule has 1 unspecified atom stereocenters. The van der Waals surface area contributed by atoms with Crippen LogP contribution < -0.4 is 20.3 Å². The van der Waals surface area contributed by atoms with E-state index in [1.165, 1.54) is 30.2 Å². The highest BCUT2D eigenvalue weighted by atomic mass is 32.2. The first kappa shape index (κ1) is 31.5. The molecular weight excluding hydrogens is 617 g/mol. The van der Waals surface area contributed by atoms with Crippen LogP contribution in [0.15, 0.2) is 52.4 Å². The van der Waals surface area contributed by atoms with E-state index in [9.17, 15) is 14.6 Å². The van der Waals surface area contributed by atoms with Gasteiger partial charge in [0.1, 0.15) is 15.8 Å². The molecule has 9 nitrogen and oxygen atoms in total. The molecule has 45 heavy (non-hydrogen) atoms. The maximum atomic E-state index is 15.1. The molecule has 1 spiro atoms. The Bertz CT molecular complexity index is 1700. The minimum absolute atomic E-state index is 0.0324. The molecule has 236 valence electrons. The number of rotatable bonds is 5. The standard InChI is InChI=1S/C32H35F2N7O2S2/c1-19(42)41-18-32(33,34)25-23(41)10-7-11-24(25)44-29-27(36)38-28(22(17-35)37-29)40-14-12-31(13-15-40)16-20-8-5-6-9-21(20)26(31)39-45(43)30(2,3)4/h5-11,26,39H,12-16,18H2,1-4H3,(H2,36,38)/t26-,45?/m1/s1. The Kier molecular flexibility index (Phi) is 8.00. The molecule has 2 aliphatic heterocycles. The Morgan fingerprint density at radius 1 is 1.18 bits per heavy atom. The summed E-state index contributed by atoms with van der Waals surface area (Å²) in [6.45, 7) is 7.56. The van der Waals surface area contributed by atoms with Crippen LogP contribution in [0.2, 0.25) is 0 Å². The second-order valence-electron chi connectivity index (χ2n) is 12.9. The number of hydrogen-bond acceptors (Lipinski definition) is 9. The van der Waals surface area contributed by atoms with Crippen molar-refractivity contribution in [3.05, 3.63) is 64.8 Å². The smallest absolute Gasteiger partial charge is 0.293 e. The zero-order valence-corrected chi connectivity index (χ0v) is 27.2. The SMILES string of the molecule is CC(=O)N1CC(F)(F)c2c(Sc3nc(C#N)c(N4CCC5(CC4)Cc4ccccc4[C@H]5N[S+]([O-])C(C)(C)C)nc3N)cccc21. The van der Waals surface area contributed by atoms with Crippen molar-refractivity contribution in [2.45, 2.75) is 73.6 Å². The number of nitrogens with one attached hydrogen (secondary N) is 1. The average molecular weight is 652 g/mol. The van der Waals surface area contributed by atoms with Crippen LogP contribution in [0.25, 0.3) is 0 Å². The minimum atomic E-state index is -3.25. The van der Waals surface area contributed by atoms with E-state index in [-0.39, 0.29) is 44.1 Å². The van der Waals surface area contributed by atoms with Gasteiger partial charge >= 0.3 is 0 Å². The number of nitrogens with zero attached hydrogens (tertiary/aromatic N) is 5. The number of nitrogens with two attached hydrogens (primary N) is 1. The second kappa shape index (κ2) is 11.4. The molecule has 1 amide bonds. The lowest BCUT2D eigenvalue weighted by molar-refractivity contribution is -0.117. The molecule has 1 saturated heterocycles. The van der Waals surface area contributed by atoms with Gasteiger partial charge in [0.25, 0.3) is 5.92 Å². The van der Waals surface area contributed by atoms with Gasteiger partial charge in [0.15, 0.2) is 17.3 Å². The van der Waals surface area contributed by atoms with Crippen molar-refractivity contribution < 1.29 is 18.1 Å². The average Bonchev–Trinajstić information content (AvgIpc) is 3.45. The fraction of sp³-hybridized carbons (Fsp3) is 0.438. The number of alkyl halides is 2. The predicted molar refractivity (Wildman–Crippen MR) is 171 cm³/mol. The van der Waals surface area contributed by atoms with E-state index in [1.54, 1.807) is 6.07 Å². The van der Waals surface area contributed by atoms with Crippen LogP contribution in [0.1, 0.15) is 69.0 Å². The van der Waals surface area contributed by atoms with Crippen molar-refractivity contribution in [2.75, 3.05) is 35.2 Å². The number of nitriles is 1. The van der Waals surface area contributed by atoms with Gasteiger partial charge in [0, 0.05) is 41.7 Å². The van der Waals surface area contributed by atoms with E-state index >= 15 is 8.78 Å². The first-order valence-electron chi connectivity index (χ1n) is 14.8. The topological polar surface area (TPSA) is 134 Å². The Labute approximate surface area is 268 Å². The number of amides is 1. The van der Waals surface area contributed by atoms with Crippen LogP contribution in [0.3, 0.4) is 0 Å².